The molecule has 0 aliphatic carbocycles. The number of likely N-dealkylation sites (N-methyl/N-ethyl adjacent to an activating group) is 1. The molecule has 1 fully saturated rings. The zero-order chi connectivity index (χ0) is 29.6. The van der Waals surface area contributed by atoms with Crippen LogP contribution in [0.25, 0.3) is 0 Å². The normalized spacial score (nSPS) is 20.9. The van der Waals surface area contributed by atoms with E-state index in [9.17, 15) is 15.0 Å². The van der Waals surface area contributed by atoms with Crippen LogP contribution in [-0.4, -0.2) is 50.6 Å². The summed E-state index contributed by atoms with van der Waals surface area (Å²) in [6.45, 7) is 2.76. The molecule has 1 saturated heterocycles. The van der Waals surface area contributed by atoms with Gasteiger partial charge in [-0.1, -0.05) is 114 Å². The first-order valence-electron chi connectivity index (χ1n) is 13.4. The van der Waals surface area contributed by atoms with Gasteiger partial charge < -0.3 is 25.0 Å². The monoisotopic (exact) mass is 620 g/mol. The highest BCUT2D eigenvalue weighted by Gasteiger charge is 2.34. The van der Waals surface area contributed by atoms with Crippen molar-refractivity contribution in [1.29, 1.82) is 0 Å². The van der Waals surface area contributed by atoms with Crippen molar-refractivity contribution in [3.05, 3.63) is 107 Å². The Morgan fingerprint density at radius 2 is 1.59 bits per heavy atom. The number of ether oxygens (including phenoxy) is 2. The Labute approximate surface area is 255 Å². The van der Waals surface area contributed by atoms with Crippen LogP contribution in [0.4, 0.5) is 0 Å². The van der Waals surface area contributed by atoms with E-state index in [2.05, 4.69) is 10.2 Å². The molecule has 220 valence electrons. The second-order valence-corrected chi connectivity index (χ2v) is 12.6. The number of hydrogen-bond donors (Lipinski definition) is 3. The van der Waals surface area contributed by atoms with Gasteiger partial charge in [0.2, 0.25) is 0 Å². The Balaban J connectivity index is 1.49. The predicted molar refractivity (Wildman–Crippen MR) is 160 cm³/mol. The van der Waals surface area contributed by atoms with E-state index in [4.69, 9.17) is 44.3 Å². The average molecular weight is 622 g/mol. The number of alkyl halides is 3. The van der Waals surface area contributed by atoms with Crippen molar-refractivity contribution in [2.75, 3.05) is 13.6 Å². The molecule has 0 aromatic heterocycles. The van der Waals surface area contributed by atoms with Crippen LogP contribution in [0.2, 0.25) is 0 Å². The van der Waals surface area contributed by atoms with Gasteiger partial charge in [-0.25, -0.2) is 0 Å². The molecule has 1 heterocycles. The number of benzene rings is 3. The van der Waals surface area contributed by atoms with Gasteiger partial charge in [-0.05, 0) is 36.2 Å². The fraction of sp³-hybridized carbons (Fsp3) is 0.387. The van der Waals surface area contributed by atoms with Crippen LogP contribution in [-0.2, 0) is 27.4 Å². The van der Waals surface area contributed by atoms with E-state index in [1.165, 1.54) is 0 Å². The standard InChI is InChI=1S/C31H35Cl3N2O5/c1-20(28(38)24-6-4-3-5-7-24)36(2)18-26-16-27(23-12-10-22(19-37)11-13-23)41-29(40-26)25-14-8-21(9-15-25)17-35-30(39)31(32,33)34/h3-15,20,26-29,37-38H,16-19H2,1-2H3,(H,35,39)/t20-,26+,27-,28-,29-/m0/s1. The smallest absolute Gasteiger partial charge is 0.272 e. The SMILES string of the molecule is C[C@@H]([C@H](O)c1ccccc1)N(C)C[C@H]1C[C@@H](c2ccc(CO)cc2)O[C@@H](c2ccc(CNC(=O)C(Cl)(Cl)Cl)cc2)O1. The third-order valence-electron chi connectivity index (χ3n) is 7.36. The van der Waals surface area contributed by atoms with E-state index >= 15 is 0 Å². The number of carbonyl (C=O) groups excluding carboxylic acids is 1. The Kier molecular flexibility index (Phi) is 11.1. The Morgan fingerprint density at radius 1 is 0.976 bits per heavy atom. The largest absolute Gasteiger partial charge is 0.392 e. The molecule has 3 aromatic carbocycles. The summed E-state index contributed by atoms with van der Waals surface area (Å²) in [7, 11) is 1.98. The molecule has 1 amide bonds. The van der Waals surface area contributed by atoms with Gasteiger partial charge in [0.1, 0.15) is 0 Å². The van der Waals surface area contributed by atoms with E-state index in [0.29, 0.717) is 13.0 Å². The Bertz CT molecular complexity index is 1260. The van der Waals surface area contributed by atoms with Gasteiger partial charge >= 0.3 is 0 Å². The molecule has 5 atom stereocenters. The predicted octanol–water partition coefficient (Wildman–Crippen LogP) is 5.76. The molecular formula is C31H35Cl3N2O5. The number of halogens is 3. The number of aliphatic hydroxyl groups excluding tert-OH is 2. The third kappa shape index (κ3) is 8.66. The molecule has 0 radical (unpaired) electrons. The van der Waals surface area contributed by atoms with E-state index in [-0.39, 0.29) is 31.4 Å². The molecule has 1 aliphatic rings. The van der Waals surface area contributed by atoms with Crippen LogP contribution >= 0.6 is 34.8 Å². The number of rotatable bonds is 10. The highest BCUT2D eigenvalue weighted by Crippen LogP contribution is 2.38. The van der Waals surface area contributed by atoms with E-state index in [1.54, 1.807) is 0 Å². The zero-order valence-electron chi connectivity index (χ0n) is 22.9. The van der Waals surface area contributed by atoms with Gasteiger partial charge in [0.05, 0.1) is 24.9 Å². The molecule has 3 N–H and O–H groups in total. The quantitative estimate of drug-likeness (QED) is 0.249. The molecule has 0 unspecified atom stereocenters. The fourth-order valence-electron chi connectivity index (χ4n) is 4.77. The maximum Gasteiger partial charge on any atom is 0.272 e. The lowest BCUT2D eigenvalue weighted by atomic mass is 9.98. The Hall–Kier alpha value is -2.20. The van der Waals surface area contributed by atoms with Crippen molar-refractivity contribution in [1.82, 2.24) is 10.2 Å². The lowest BCUT2D eigenvalue weighted by Crippen LogP contribution is -2.43. The van der Waals surface area contributed by atoms with Gasteiger partial charge in [0.15, 0.2) is 6.29 Å². The number of hydrogen-bond acceptors (Lipinski definition) is 6. The molecule has 10 heteroatoms. The first-order chi connectivity index (χ1) is 19.5. The molecule has 0 bridgehead atoms. The molecule has 1 aliphatic heterocycles. The van der Waals surface area contributed by atoms with Crippen molar-refractivity contribution < 1.29 is 24.5 Å². The first kappa shape index (κ1) is 31.7. The van der Waals surface area contributed by atoms with Crippen molar-refractivity contribution in [3.63, 3.8) is 0 Å². The van der Waals surface area contributed by atoms with Gasteiger partial charge in [-0.3, -0.25) is 9.69 Å². The lowest BCUT2D eigenvalue weighted by Gasteiger charge is -2.39. The van der Waals surface area contributed by atoms with E-state index < -0.39 is 22.1 Å². The number of aliphatic hydroxyl groups is 2. The maximum atomic E-state index is 11.9. The summed E-state index contributed by atoms with van der Waals surface area (Å²) in [5.74, 6) is -0.695. The number of nitrogens with one attached hydrogen (secondary N) is 1. The van der Waals surface area contributed by atoms with Crippen LogP contribution in [0, 0.1) is 0 Å². The lowest BCUT2D eigenvalue weighted by molar-refractivity contribution is -0.253. The molecule has 41 heavy (non-hydrogen) atoms. The summed E-state index contributed by atoms with van der Waals surface area (Å²) in [5.41, 5.74) is 4.33. The second-order valence-electron chi connectivity index (χ2n) is 10.3. The van der Waals surface area contributed by atoms with Crippen LogP contribution in [0.5, 0.6) is 0 Å². The van der Waals surface area contributed by atoms with Gasteiger partial charge in [-0.2, -0.15) is 0 Å². The van der Waals surface area contributed by atoms with Crippen molar-refractivity contribution >= 4 is 40.7 Å². The minimum absolute atomic E-state index is 0.0267. The number of amides is 1. The van der Waals surface area contributed by atoms with Crippen molar-refractivity contribution in [2.24, 2.45) is 0 Å². The third-order valence-corrected chi connectivity index (χ3v) is 7.88. The van der Waals surface area contributed by atoms with Crippen LogP contribution in [0.3, 0.4) is 0 Å². The summed E-state index contributed by atoms with van der Waals surface area (Å²) < 4.78 is 10.9. The average Bonchev–Trinajstić information content (AvgIpc) is 2.99. The number of carbonyl (C=O) groups is 1. The second kappa shape index (κ2) is 14.3. The summed E-state index contributed by atoms with van der Waals surface area (Å²) in [6.07, 6.45) is -1.08. The van der Waals surface area contributed by atoms with Gasteiger partial charge in [0, 0.05) is 31.1 Å². The van der Waals surface area contributed by atoms with E-state index in [0.717, 1.165) is 27.8 Å². The Morgan fingerprint density at radius 3 is 2.20 bits per heavy atom. The molecule has 4 rings (SSSR count). The van der Waals surface area contributed by atoms with Gasteiger partial charge in [0.25, 0.3) is 9.70 Å². The fourth-order valence-corrected chi connectivity index (χ4v) is 4.97. The van der Waals surface area contributed by atoms with Crippen LogP contribution in [0.15, 0.2) is 78.9 Å². The zero-order valence-corrected chi connectivity index (χ0v) is 25.2. The van der Waals surface area contributed by atoms with Gasteiger partial charge in [-0.15, -0.1) is 0 Å². The summed E-state index contributed by atoms with van der Waals surface area (Å²) in [6, 6.07) is 24.7. The van der Waals surface area contributed by atoms with Crippen LogP contribution in [0.1, 0.15) is 59.7 Å². The van der Waals surface area contributed by atoms with Crippen molar-refractivity contribution in [3.8, 4) is 0 Å². The molecular weight excluding hydrogens is 587 g/mol. The molecule has 3 aromatic rings. The molecule has 0 saturated carbocycles. The topological polar surface area (TPSA) is 91.3 Å². The molecule has 0 spiro atoms. The summed E-state index contributed by atoms with van der Waals surface area (Å²) in [4.78, 5) is 14.0. The van der Waals surface area contributed by atoms with Crippen molar-refractivity contribution in [2.45, 2.75) is 60.9 Å². The minimum atomic E-state index is -2.02. The van der Waals surface area contributed by atoms with E-state index in [1.807, 2.05) is 92.8 Å². The number of nitrogens with zero attached hydrogens (tertiary/aromatic N) is 1. The maximum absolute atomic E-state index is 11.9. The van der Waals surface area contributed by atoms with Crippen LogP contribution < -0.4 is 5.32 Å². The highest BCUT2D eigenvalue weighted by molar-refractivity contribution is 6.76. The first-order valence-corrected chi connectivity index (χ1v) is 14.6. The summed E-state index contributed by atoms with van der Waals surface area (Å²) >= 11 is 16.9. The summed E-state index contributed by atoms with van der Waals surface area (Å²) in [5, 5.41) is 23.0. The minimum Gasteiger partial charge on any atom is -0.392 e. The highest BCUT2D eigenvalue weighted by atomic mass is 35.6. The molecule has 7 nitrogen and oxygen atoms in total.